The molecule has 3 unspecified atom stereocenters. The number of aryl methyl sites for hydroxylation is 1. The first-order valence-corrected chi connectivity index (χ1v) is 10.3. The number of benzene rings is 2. The van der Waals surface area contributed by atoms with E-state index in [1.807, 2.05) is 13.8 Å². The van der Waals surface area contributed by atoms with E-state index < -0.39 is 41.7 Å². The van der Waals surface area contributed by atoms with E-state index in [1.54, 1.807) is 19.1 Å². The molecule has 2 aromatic carbocycles. The molecule has 0 saturated carbocycles. The van der Waals surface area contributed by atoms with Gasteiger partial charge in [-0.15, -0.1) is 0 Å². The van der Waals surface area contributed by atoms with Crippen LogP contribution in [-0.2, 0) is 9.47 Å². The second-order valence-electron chi connectivity index (χ2n) is 8.22. The number of hydrogen-bond donors (Lipinski definition) is 5. The summed E-state index contributed by atoms with van der Waals surface area (Å²) in [4.78, 5) is 12.2. The van der Waals surface area contributed by atoms with Crippen molar-refractivity contribution >= 4 is 5.97 Å². The van der Waals surface area contributed by atoms with Crippen molar-refractivity contribution < 1.29 is 44.5 Å². The molecule has 3 atom stereocenters. The van der Waals surface area contributed by atoms with Crippen molar-refractivity contribution in [3.63, 3.8) is 0 Å². The van der Waals surface area contributed by atoms with Crippen LogP contribution in [0.15, 0.2) is 24.3 Å². The lowest BCUT2D eigenvalue weighted by atomic mass is 9.99. The molecule has 9 nitrogen and oxygen atoms in total. The van der Waals surface area contributed by atoms with Crippen LogP contribution in [0, 0.1) is 6.92 Å². The highest BCUT2D eigenvalue weighted by atomic mass is 16.7. The summed E-state index contributed by atoms with van der Waals surface area (Å²) in [6, 6.07) is 5.31. The molecule has 0 radical (unpaired) electrons. The molecule has 1 aliphatic heterocycles. The molecule has 3 rings (SSSR count). The third-order valence-electron chi connectivity index (χ3n) is 5.26. The zero-order valence-electron chi connectivity index (χ0n) is 18.1. The monoisotopic (exact) mass is 448 g/mol. The molecule has 0 amide bonds. The van der Waals surface area contributed by atoms with E-state index >= 15 is 0 Å². The zero-order valence-corrected chi connectivity index (χ0v) is 18.1. The number of aliphatic hydroxyl groups is 1. The minimum Gasteiger partial charge on any atom is -0.508 e. The van der Waals surface area contributed by atoms with Gasteiger partial charge in [-0.1, -0.05) is 13.8 Å². The summed E-state index contributed by atoms with van der Waals surface area (Å²) in [7, 11) is 0. The second-order valence-corrected chi connectivity index (χ2v) is 8.22. The van der Waals surface area contributed by atoms with E-state index in [0.717, 1.165) is 17.7 Å². The molecular weight excluding hydrogens is 420 g/mol. The number of esters is 1. The van der Waals surface area contributed by atoms with Gasteiger partial charge in [0.25, 0.3) is 0 Å². The van der Waals surface area contributed by atoms with Crippen molar-refractivity contribution in [2.24, 2.45) is 0 Å². The minimum absolute atomic E-state index is 0.0832. The fraction of sp³-hybridized carbons (Fsp3) is 0.435. The Labute approximate surface area is 185 Å². The van der Waals surface area contributed by atoms with Crippen LogP contribution in [0.25, 0.3) is 0 Å². The van der Waals surface area contributed by atoms with Crippen molar-refractivity contribution in [3.8, 4) is 28.7 Å². The van der Waals surface area contributed by atoms with Gasteiger partial charge in [-0.3, -0.25) is 0 Å². The number of phenolic OH excluding ortho intramolecular Hbond substituents is 4. The van der Waals surface area contributed by atoms with Gasteiger partial charge in [-0.05, 0) is 42.7 Å². The summed E-state index contributed by atoms with van der Waals surface area (Å²) in [5.41, 5.74) is 1.29. The Bertz CT molecular complexity index is 963. The Kier molecular flexibility index (Phi) is 7.00. The molecule has 1 fully saturated rings. The predicted octanol–water partition coefficient (Wildman–Crippen LogP) is 3.04. The molecule has 0 bridgehead atoms. The van der Waals surface area contributed by atoms with Crippen LogP contribution in [0.3, 0.4) is 0 Å². The normalized spacial score (nSPS) is 20.8. The van der Waals surface area contributed by atoms with Gasteiger partial charge in [0, 0.05) is 18.4 Å². The number of carbonyl (C=O) groups is 1. The van der Waals surface area contributed by atoms with E-state index in [0.29, 0.717) is 11.3 Å². The average Bonchev–Trinajstić information content (AvgIpc) is 2.71. The van der Waals surface area contributed by atoms with Crippen LogP contribution in [-0.4, -0.2) is 56.6 Å². The number of carbonyl (C=O) groups excluding carboxylic acids is 1. The van der Waals surface area contributed by atoms with Crippen molar-refractivity contribution in [2.45, 2.75) is 58.0 Å². The number of aromatic hydroxyl groups is 4. The van der Waals surface area contributed by atoms with E-state index in [4.69, 9.17) is 14.2 Å². The van der Waals surface area contributed by atoms with Crippen LogP contribution >= 0.6 is 0 Å². The maximum Gasteiger partial charge on any atom is 0.338 e. The van der Waals surface area contributed by atoms with E-state index in [9.17, 15) is 30.3 Å². The third-order valence-corrected chi connectivity index (χ3v) is 5.26. The van der Waals surface area contributed by atoms with Gasteiger partial charge in [0.2, 0.25) is 6.29 Å². The van der Waals surface area contributed by atoms with E-state index in [1.165, 1.54) is 0 Å². The molecule has 0 aliphatic carbocycles. The van der Waals surface area contributed by atoms with Gasteiger partial charge in [0.1, 0.15) is 18.1 Å². The summed E-state index contributed by atoms with van der Waals surface area (Å²) in [5.74, 6) is -2.08. The highest BCUT2D eigenvalue weighted by Gasteiger charge is 2.31. The summed E-state index contributed by atoms with van der Waals surface area (Å²) < 4.78 is 17.0. The van der Waals surface area contributed by atoms with Crippen LogP contribution in [0.5, 0.6) is 28.7 Å². The van der Waals surface area contributed by atoms with Gasteiger partial charge < -0.3 is 39.7 Å². The molecule has 1 aliphatic rings. The topological polar surface area (TPSA) is 146 Å². The summed E-state index contributed by atoms with van der Waals surface area (Å²) >= 11 is 0. The number of rotatable bonds is 6. The Balaban J connectivity index is 1.66. The molecule has 9 heteroatoms. The Morgan fingerprint density at radius 3 is 2.34 bits per heavy atom. The number of hydrogen-bond acceptors (Lipinski definition) is 9. The molecular formula is C23H28O9. The first-order chi connectivity index (χ1) is 15.0. The zero-order chi connectivity index (χ0) is 23.6. The second kappa shape index (κ2) is 9.54. The van der Waals surface area contributed by atoms with Crippen LogP contribution in [0.2, 0.25) is 0 Å². The molecule has 5 N–H and O–H groups in total. The van der Waals surface area contributed by atoms with Crippen LogP contribution in [0.4, 0.5) is 0 Å². The molecule has 174 valence electrons. The summed E-state index contributed by atoms with van der Waals surface area (Å²) in [6.45, 7) is 5.50. The fourth-order valence-electron chi connectivity index (χ4n) is 3.49. The van der Waals surface area contributed by atoms with Gasteiger partial charge in [0.05, 0.1) is 17.8 Å². The van der Waals surface area contributed by atoms with Gasteiger partial charge in [-0.25, -0.2) is 4.79 Å². The average molecular weight is 448 g/mol. The number of ether oxygens (including phenoxy) is 3. The number of aliphatic hydroxyl groups excluding tert-OH is 1. The van der Waals surface area contributed by atoms with Gasteiger partial charge in [0.15, 0.2) is 17.2 Å². The van der Waals surface area contributed by atoms with Gasteiger partial charge >= 0.3 is 5.97 Å². The van der Waals surface area contributed by atoms with E-state index in [2.05, 4.69) is 0 Å². The fourth-order valence-corrected chi connectivity index (χ4v) is 3.49. The Hall–Kier alpha value is -3.17. The lowest BCUT2D eigenvalue weighted by Crippen LogP contribution is -2.41. The maximum atomic E-state index is 12.2. The highest BCUT2D eigenvalue weighted by Crippen LogP contribution is 2.36. The lowest BCUT2D eigenvalue weighted by Gasteiger charge is -2.33. The van der Waals surface area contributed by atoms with Gasteiger partial charge in [-0.2, -0.15) is 0 Å². The van der Waals surface area contributed by atoms with Crippen LogP contribution < -0.4 is 4.74 Å². The summed E-state index contributed by atoms with van der Waals surface area (Å²) in [6.07, 6.45) is -1.72. The minimum atomic E-state index is -0.840. The van der Waals surface area contributed by atoms with Crippen molar-refractivity contribution in [1.29, 1.82) is 0 Å². The molecule has 2 aromatic rings. The van der Waals surface area contributed by atoms with E-state index in [-0.39, 0.29) is 36.7 Å². The maximum absolute atomic E-state index is 12.2. The van der Waals surface area contributed by atoms with Crippen molar-refractivity contribution in [1.82, 2.24) is 0 Å². The molecule has 1 heterocycles. The lowest BCUT2D eigenvalue weighted by molar-refractivity contribution is -0.185. The predicted molar refractivity (Wildman–Crippen MR) is 113 cm³/mol. The first-order valence-electron chi connectivity index (χ1n) is 10.3. The standard InChI is InChI=1S/C23H28O9/c1-11(2)16-9-17(25)12(3)4-20(16)32-21-8-14(24)7-15(31-21)10-30-23(29)13-5-18(26)22(28)19(27)6-13/h4-6,9,11,14-15,21,24-28H,7-8,10H2,1-3H3. The molecule has 0 spiro atoms. The Morgan fingerprint density at radius 2 is 1.72 bits per heavy atom. The van der Waals surface area contributed by atoms with Crippen molar-refractivity contribution in [3.05, 3.63) is 41.0 Å². The SMILES string of the molecule is Cc1cc(OC2CC(O)CC(COC(=O)c3cc(O)c(O)c(O)c3)O2)c(C(C)C)cc1O. The molecule has 32 heavy (non-hydrogen) atoms. The third kappa shape index (κ3) is 5.35. The summed E-state index contributed by atoms with van der Waals surface area (Å²) in [5, 5.41) is 48.7. The smallest absolute Gasteiger partial charge is 0.338 e. The quantitative estimate of drug-likeness (QED) is 0.332. The highest BCUT2D eigenvalue weighted by molar-refractivity contribution is 5.91. The molecule has 1 saturated heterocycles. The number of phenols is 4. The molecule has 0 aromatic heterocycles. The first kappa shape index (κ1) is 23.5. The Morgan fingerprint density at radius 1 is 1.06 bits per heavy atom. The van der Waals surface area contributed by atoms with Crippen molar-refractivity contribution in [2.75, 3.05) is 6.61 Å². The largest absolute Gasteiger partial charge is 0.508 e. The van der Waals surface area contributed by atoms with Crippen LogP contribution in [0.1, 0.15) is 54.1 Å².